The maximum Gasteiger partial charge on any atom is 0.316 e. The van der Waals surface area contributed by atoms with Crippen molar-refractivity contribution in [3.8, 4) is 0 Å². The average Bonchev–Trinajstić information content (AvgIpc) is 2.02. The molecule has 0 rings (SSSR count). The van der Waals surface area contributed by atoms with Crippen molar-refractivity contribution in [1.82, 2.24) is 0 Å². The molecule has 4 heteroatoms. The van der Waals surface area contributed by atoms with Crippen molar-refractivity contribution in [1.29, 1.82) is 0 Å². The summed E-state index contributed by atoms with van der Waals surface area (Å²) in [5.74, 6) is 0.104. The quantitative estimate of drug-likeness (QED) is 0.653. The summed E-state index contributed by atoms with van der Waals surface area (Å²) in [5.41, 5.74) is 0. The minimum atomic E-state index is -0.764. The Balaban J connectivity index is 3.64. The number of hydrogen-bond donors (Lipinski definition) is 1. The largest absolute Gasteiger partial charge is 0.480 e. The van der Waals surface area contributed by atoms with Gasteiger partial charge < -0.3 is 5.11 Å². The fourth-order valence-electron chi connectivity index (χ4n) is 0.956. The number of halogens is 1. The highest BCUT2D eigenvalue weighted by atomic mass is 32.2. The lowest BCUT2D eigenvalue weighted by atomic mass is 10.1. The van der Waals surface area contributed by atoms with Gasteiger partial charge in [-0.15, -0.1) is 11.8 Å². The van der Waals surface area contributed by atoms with Crippen LogP contribution in [0.1, 0.15) is 26.7 Å². The Hall–Kier alpha value is -0.250. The molecule has 2 nitrogen and oxygen atoms in total. The smallest absolute Gasteiger partial charge is 0.316 e. The highest BCUT2D eigenvalue weighted by molar-refractivity contribution is 8.00. The zero-order chi connectivity index (χ0) is 10.3. The molecule has 0 radical (unpaired) electrons. The van der Waals surface area contributed by atoms with Gasteiger partial charge in [-0.05, 0) is 24.5 Å². The predicted molar refractivity (Wildman–Crippen MR) is 53.9 cm³/mol. The summed E-state index contributed by atoms with van der Waals surface area (Å²) in [6.07, 6.45) is 1.30. The van der Waals surface area contributed by atoms with E-state index in [1.165, 1.54) is 11.8 Å². The van der Waals surface area contributed by atoms with Crippen LogP contribution in [0.3, 0.4) is 0 Å². The van der Waals surface area contributed by atoms with E-state index in [0.29, 0.717) is 6.42 Å². The number of hydrogen-bond acceptors (Lipinski definition) is 2. The molecule has 0 aliphatic rings. The summed E-state index contributed by atoms with van der Waals surface area (Å²) >= 11 is 1.41. The van der Waals surface area contributed by atoms with Crippen molar-refractivity contribution in [2.45, 2.75) is 31.9 Å². The average molecular weight is 208 g/mol. The Morgan fingerprint density at radius 2 is 2.08 bits per heavy atom. The first kappa shape index (κ1) is 12.8. The number of carbonyl (C=O) groups is 1. The fourth-order valence-corrected chi connectivity index (χ4v) is 2.11. The zero-order valence-corrected chi connectivity index (χ0v) is 8.94. The van der Waals surface area contributed by atoms with Crippen LogP contribution in [0, 0.1) is 5.92 Å². The topological polar surface area (TPSA) is 37.3 Å². The molecule has 0 amide bonds. The van der Waals surface area contributed by atoms with Gasteiger partial charge in [-0.3, -0.25) is 9.18 Å². The Bertz CT molecular complexity index is 151. The molecule has 0 aliphatic carbocycles. The molecule has 1 unspecified atom stereocenters. The molecule has 0 aromatic carbocycles. The van der Waals surface area contributed by atoms with Gasteiger partial charge in [0.25, 0.3) is 0 Å². The van der Waals surface area contributed by atoms with E-state index in [1.54, 1.807) is 0 Å². The molecule has 0 saturated heterocycles. The summed E-state index contributed by atoms with van der Waals surface area (Å²) in [7, 11) is 0. The second-order valence-electron chi connectivity index (χ2n) is 3.27. The number of rotatable bonds is 7. The Morgan fingerprint density at radius 3 is 2.46 bits per heavy atom. The van der Waals surface area contributed by atoms with Crippen LogP contribution in [0.2, 0.25) is 0 Å². The molecule has 0 saturated carbocycles. The van der Waals surface area contributed by atoms with Gasteiger partial charge in [0.05, 0.1) is 6.67 Å². The van der Waals surface area contributed by atoms with Crippen molar-refractivity contribution in [2.24, 2.45) is 5.92 Å². The maximum atomic E-state index is 11.7. The summed E-state index contributed by atoms with van der Waals surface area (Å²) in [4.78, 5) is 10.7. The van der Waals surface area contributed by atoms with E-state index in [0.717, 1.165) is 12.2 Å². The summed E-state index contributed by atoms with van der Waals surface area (Å²) in [6, 6.07) is 0. The van der Waals surface area contributed by atoms with Crippen molar-refractivity contribution in [3.63, 3.8) is 0 Å². The second-order valence-corrected chi connectivity index (χ2v) is 4.52. The van der Waals surface area contributed by atoms with E-state index in [1.807, 2.05) is 13.8 Å². The number of thioether (sulfide) groups is 1. The third kappa shape index (κ3) is 5.91. The van der Waals surface area contributed by atoms with Gasteiger partial charge in [0.1, 0.15) is 5.25 Å². The van der Waals surface area contributed by atoms with Crippen LogP contribution >= 0.6 is 11.8 Å². The third-order valence-corrected chi connectivity index (χ3v) is 3.30. The van der Waals surface area contributed by atoms with E-state index in [4.69, 9.17) is 5.11 Å². The number of carboxylic acids is 1. The number of alkyl halides is 1. The van der Waals surface area contributed by atoms with Gasteiger partial charge in [-0.25, -0.2) is 0 Å². The summed E-state index contributed by atoms with van der Waals surface area (Å²) < 4.78 is 11.7. The second kappa shape index (κ2) is 7.18. The van der Waals surface area contributed by atoms with Gasteiger partial charge in [0.2, 0.25) is 0 Å². The number of aliphatic carboxylic acids is 1. The van der Waals surface area contributed by atoms with Crippen LogP contribution < -0.4 is 0 Å². The number of unbranched alkanes of at least 4 members (excludes halogenated alkanes) is 1. The normalized spacial score (nSPS) is 13.2. The van der Waals surface area contributed by atoms with Crippen LogP contribution in [0.5, 0.6) is 0 Å². The van der Waals surface area contributed by atoms with Crippen LogP contribution in [0.4, 0.5) is 4.39 Å². The van der Waals surface area contributed by atoms with E-state index in [9.17, 15) is 9.18 Å². The van der Waals surface area contributed by atoms with E-state index in [-0.39, 0.29) is 17.8 Å². The highest BCUT2D eigenvalue weighted by Crippen LogP contribution is 2.20. The van der Waals surface area contributed by atoms with Crippen LogP contribution in [-0.4, -0.2) is 28.8 Å². The van der Waals surface area contributed by atoms with Gasteiger partial charge in [-0.2, -0.15) is 0 Å². The zero-order valence-electron chi connectivity index (χ0n) is 8.12. The minimum absolute atomic E-state index is 0.132. The molecule has 0 aliphatic heterocycles. The maximum absolute atomic E-state index is 11.7. The molecule has 0 heterocycles. The highest BCUT2D eigenvalue weighted by Gasteiger charge is 2.20. The standard InChI is InChI=1S/C9H17FO2S/c1-7(2)8(9(11)12)13-6-4-3-5-10/h7-8H,3-6H2,1-2H3,(H,11,12). The lowest BCUT2D eigenvalue weighted by molar-refractivity contribution is -0.137. The molecule has 0 aromatic heterocycles. The summed E-state index contributed by atoms with van der Waals surface area (Å²) in [6.45, 7) is 3.47. The molecule has 78 valence electrons. The first-order valence-corrected chi connectivity index (χ1v) is 5.54. The van der Waals surface area contributed by atoms with Crippen molar-refractivity contribution < 1.29 is 14.3 Å². The molecule has 1 N–H and O–H groups in total. The Labute approximate surface area is 82.9 Å². The first-order valence-electron chi connectivity index (χ1n) is 4.50. The lowest BCUT2D eigenvalue weighted by Gasteiger charge is -2.14. The van der Waals surface area contributed by atoms with Crippen LogP contribution in [0.25, 0.3) is 0 Å². The van der Waals surface area contributed by atoms with E-state index in [2.05, 4.69) is 0 Å². The Morgan fingerprint density at radius 1 is 1.46 bits per heavy atom. The molecule has 0 spiro atoms. The Kier molecular flexibility index (Phi) is 7.04. The fraction of sp³-hybridized carbons (Fsp3) is 0.889. The minimum Gasteiger partial charge on any atom is -0.480 e. The summed E-state index contributed by atoms with van der Waals surface area (Å²) in [5, 5.41) is 8.46. The van der Waals surface area contributed by atoms with Crippen LogP contribution in [-0.2, 0) is 4.79 Å². The molecular weight excluding hydrogens is 191 g/mol. The molecular formula is C9H17FO2S. The predicted octanol–water partition coefficient (Wildman–Crippen LogP) is 2.58. The molecule has 0 aromatic rings. The molecule has 13 heavy (non-hydrogen) atoms. The first-order chi connectivity index (χ1) is 6.09. The SMILES string of the molecule is CC(C)C(SCCCCF)C(=O)O. The molecule has 1 atom stereocenters. The number of carboxylic acid groups (broad SMARTS) is 1. The monoisotopic (exact) mass is 208 g/mol. The van der Waals surface area contributed by atoms with Gasteiger partial charge in [0.15, 0.2) is 0 Å². The van der Waals surface area contributed by atoms with Crippen molar-refractivity contribution >= 4 is 17.7 Å². The van der Waals surface area contributed by atoms with E-state index < -0.39 is 5.97 Å². The van der Waals surface area contributed by atoms with Gasteiger partial charge in [-0.1, -0.05) is 13.8 Å². The third-order valence-electron chi connectivity index (χ3n) is 1.67. The van der Waals surface area contributed by atoms with Crippen LogP contribution in [0.15, 0.2) is 0 Å². The molecule has 0 bridgehead atoms. The van der Waals surface area contributed by atoms with Crippen molar-refractivity contribution in [3.05, 3.63) is 0 Å². The van der Waals surface area contributed by atoms with Gasteiger partial charge in [0, 0.05) is 0 Å². The van der Waals surface area contributed by atoms with Gasteiger partial charge >= 0.3 is 5.97 Å². The van der Waals surface area contributed by atoms with E-state index >= 15 is 0 Å². The van der Waals surface area contributed by atoms with Crippen molar-refractivity contribution in [2.75, 3.05) is 12.4 Å². The lowest BCUT2D eigenvalue weighted by Crippen LogP contribution is -2.22. The molecule has 0 fully saturated rings.